The van der Waals surface area contributed by atoms with Crippen molar-refractivity contribution in [1.29, 1.82) is 0 Å². The number of hydrogen-bond donors (Lipinski definition) is 2. The summed E-state index contributed by atoms with van der Waals surface area (Å²) in [5, 5.41) is 3.01. The average Bonchev–Trinajstić information content (AvgIpc) is 3.27. The lowest BCUT2D eigenvalue weighted by Crippen LogP contribution is -2.49. The number of ether oxygens (including phenoxy) is 2. The lowest BCUT2D eigenvalue weighted by Gasteiger charge is -2.20. The SMILES string of the molecule is CCOc1ccc(S(=O)(=O)NC(Cc2ccccc2)C(=O)NCC2CCCO2)cc1Cl. The maximum Gasteiger partial charge on any atom is 0.241 e. The Kier molecular flexibility index (Phi) is 8.31. The summed E-state index contributed by atoms with van der Waals surface area (Å²) in [6.45, 7) is 3.25. The Morgan fingerprint density at radius 2 is 2.03 bits per heavy atom. The molecule has 2 aromatic rings. The first kappa shape index (κ1) is 23.5. The fraction of sp³-hybridized carbons (Fsp3) is 0.409. The van der Waals surface area contributed by atoms with Gasteiger partial charge in [-0.05, 0) is 49.9 Å². The van der Waals surface area contributed by atoms with Gasteiger partial charge in [0.25, 0.3) is 0 Å². The predicted molar refractivity (Wildman–Crippen MR) is 119 cm³/mol. The van der Waals surface area contributed by atoms with Crippen LogP contribution in [0.25, 0.3) is 0 Å². The number of carbonyl (C=O) groups excluding carboxylic acids is 1. The minimum Gasteiger partial charge on any atom is -0.492 e. The minimum atomic E-state index is -4.00. The monoisotopic (exact) mass is 466 g/mol. The van der Waals surface area contributed by atoms with Crippen LogP contribution in [0.5, 0.6) is 5.75 Å². The van der Waals surface area contributed by atoms with Crippen molar-refractivity contribution in [1.82, 2.24) is 10.0 Å². The average molecular weight is 467 g/mol. The second kappa shape index (κ2) is 10.9. The number of hydrogen-bond acceptors (Lipinski definition) is 5. The third-order valence-electron chi connectivity index (χ3n) is 4.94. The molecular weight excluding hydrogens is 440 g/mol. The molecule has 0 spiro atoms. The maximum absolute atomic E-state index is 13.0. The van der Waals surface area contributed by atoms with Crippen LogP contribution in [-0.2, 0) is 26.0 Å². The molecule has 31 heavy (non-hydrogen) atoms. The van der Waals surface area contributed by atoms with Gasteiger partial charge < -0.3 is 14.8 Å². The number of sulfonamides is 1. The third-order valence-corrected chi connectivity index (χ3v) is 6.70. The zero-order valence-electron chi connectivity index (χ0n) is 17.3. The van der Waals surface area contributed by atoms with E-state index in [1.807, 2.05) is 37.3 Å². The Balaban J connectivity index is 1.77. The number of halogens is 1. The number of nitrogens with one attached hydrogen (secondary N) is 2. The molecule has 2 aromatic carbocycles. The highest BCUT2D eigenvalue weighted by Gasteiger charge is 2.27. The van der Waals surface area contributed by atoms with E-state index in [0.717, 1.165) is 18.4 Å². The molecule has 2 atom stereocenters. The van der Waals surface area contributed by atoms with Gasteiger partial charge >= 0.3 is 0 Å². The van der Waals surface area contributed by atoms with Gasteiger partial charge in [-0.15, -0.1) is 0 Å². The Morgan fingerprint density at radius 3 is 2.68 bits per heavy atom. The predicted octanol–water partition coefficient (Wildman–Crippen LogP) is 2.92. The van der Waals surface area contributed by atoms with Gasteiger partial charge in [-0.1, -0.05) is 41.9 Å². The summed E-state index contributed by atoms with van der Waals surface area (Å²) >= 11 is 6.16. The standard InChI is InChI=1S/C22H27ClN2O5S/c1-2-29-21-11-10-18(14-19(21)23)31(27,28)25-20(13-16-7-4-3-5-8-16)22(26)24-15-17-9-6-12-30-17/h3-5,7-8,10-11,14,17,20,25H,2,6,9,12-13,15H2,1H3,(H,24,26). The van der Waals surface area contributed by atoms with E-state index in [9.17, 15) is 13.2 Å². The quantitative estimate of drug-likeness (QED) is 0.561. The normalized spacial score (nSPS) is 17.3. The van der Waals surface area contributed by atoms with Crippen LogP contribution in [0.2, 0.25) is 5.02 Å². The molecule has 0 saturated carbocycles. The first-order chi connectivity index (χ1) is 14.9. The molecule has 1 aliphatic rings. The zero-order valence-corrected chi connectivity index (χ0v) is 18.9. The maximum atomic E-state index is 13.0. The summed E-state index contributed by atoms with van der Waals surface area (Å²) in [6.07, 6.45) is 2.00. The molecule has 0 aliphatic carbocycles. The number of carbonyl (C=O) groups is 1. The van der Waals surface area contributed by atoms with Crippen molar-refractivity contribution in [3.63, 3.8) is 0 Å². The van der Waals surface area contributed by atoms with Crippen molar-refractivity contribution in [3.05, 3.63) is 59.1 Å². The molecule has 0 bridgehead atoms. The molecule has 2 N–H and O–H groups in total. The zero-order chi connectivity index (χ0) is 22.3. The van der Waals surface area contributed by atoms with Crippen LogP contribution in [0.15, 0.2) is 53.4 Å². The van der Waals surface area contributed by atoms with E-state index >= 15 is 0 Å². The van der Waals surface area contributed by atoms with Gasteiger partial charge in [-0.2, -0.15) is 4.72 Å². The van der Waals surface area contributed by atoms with E-state index < -0.39 is 22.0 Å². The highest BCUT2D eigenvalue weighted by Crippen LogP contribution is 2.27. The van der Waals surface area contributed by atoms with Crippen LogP contribution >= 0.6 is 11.6 Å². The molecule has 0 radical (unpaired) electrons. The van der Waals surface area contributed by atoms with Gasteiger partial charge in [0.2, 0.25) is 15.9 Å². The lowest BCUT2D eigenvalue weighted by molar-refractivity contribution is -0.123. The summed E-state index contributed by atoms with van der Waals surface area (Å²) in [5.41, 5.74) is 0.840. The summed E-state index contributed by atoms with van der Waals surface area (Å²) in [5.74, 6) is -0.00165. The van der Waals surface area contributed by atoms with Gasteiger partial charge in [-0.3, -0.25) is 4.79 Å². The fourth-order valence-corrected chi connectivity index (χ4v) is 4.88. The summed E-state index contributed by atoms with van der Waals surface area (Å²) in [4.78, 5) is 12.8. The van der Waals surface area contributed by atoms with Gasteiger partial charge in [0.05, 0.1) is 22.6 Å². The van der Waals surface area contributed by atoms with Gasteiger partial charge in [-0.25, -0.2) is 8.42 Å². The smallest absolute Gasteiger partial charge is 0.241 e. The molecule has 1 saturated heterocycles. The van der Waals surface area contributed by atoms with Gasteiger partial charge in [0.15, 0.2) is 0 Å². The molecule has 1 aliphatic heterocycles. The molecular formula is C22H27ClN2O5S. The van der Waals surface area contributed by atoms with Crippen LogP contribution in [0.1, 0.15) is 25.3 Å². The van der Waals surface area contributed by atoms with E-state index in [0.29, 0.717) is 25.5 Å². The van der Waals surface area contributed by atoms with E-state index in [-0.39, 0.29) is 22.4 Å². The van der Waals surface area contributed by atoms with Crippen LogP contribution < -0.4 is 14.8 Å². The third kappa shape index (κ3) is 6.67. The first-order valence-electron chi connectivity index (χ1n) is 10.3. The Labute approximate surface area is 188 Å². The molecule has 168 valence electrons. The van der Waals surface area contributed by atoms with E-state index in [1.165, 1.54) is 18.2 Å². The van der Waals surface area contributed by atoms with Crippen LogP contribution in [0.3, 0.4) is 0 Å². The van der Waals surface area contributed by atoms with Crippen LogP contribution in [0, 0.1) is 0 Å². The van der Waals surface area contributed by atoms with E-state index in [2.05, 4.69) is 10.0 Å². The Bertz CT molecular complexity index is 979. The molecule has 1 amide bonds. The van der Waals surface area contributed by atoms with Crippen molar-refractivity contribution in [3.8, 4) is 5.75 Å². The largest absolute Gasteiger partial charge is 0.492 e. The molecule has 0 aromatic heterocycles. The lowest BCUT2D eigenvalue weighted by atomic mass is 10.1. The number of benzene rings is 2. The molecule has 3 rings (SSSR count). The van der Waals surface area contributed by atoms with Crippen LogP contribution in [0.4, 0.5) is 0 Å². The molecule has 2 unspecified atom stereocenters. The number of rotatable bonds is 10. The highest BCUT2D eigenvalue weighted by atomic mass is 35.5. The van der Waals surface area contributed by atoms with Crippen molar-refractivity contribution < 1.29 is 22.7 Å². The Morgan fingerprint density at radius 1 is 1.26 bits per heavy atom. The van der Waals surface area contributed by atoms with E-state index in [4.69, 9.17) is 21.1 Å². The van der Waals surface area contributed by atoms with Crippen molar-refractivity contribution >= 4 is 27.5 Å². The Hall–Kier alpha value is -2.13. The van der Waals surface area contributed by atoms with Gasteiger partial charge in [0.1, 0.15) is 11.8 Å². The number of amides is 1. The summed E-state index contributed by atoms with van der Waals surface area (Å²) in [7, 11) is -4.00. The summed E-state index contributed by atoms with van der Waals surface area (Å²) in [6, 6.07) is 12.5. The fourth-order valence-electron chi connectivity index (χ4n) is 3.36. The second-order valence-electron chi connectivity index (χ2n) is 7.27. The van der Waals surface area contributed by atoms with Crippen molar-refractivity contribution in [2.75, 3.05) is 19.8 Å². The first-order valence-corrected chi connectivity index (χ1v) is 12.1. The van der Waals surface area contributed by atoms with Crippen molar-refractivity contribution in [2.24, 2.45) is 0 Å². The van der Waals surface area contributed by atoms with Crippen LogP contribution in [-0.4, -0.2) is 46.2 Å². The molecule has 9 heteroatoms. The van der Waals surface area contributed by atoms with Gasteiger partial charge in [0, 0.05) is 13.2 Å². The highest BCUT2D eigenvalue weighted by molar-refractivity contribution is 7.89. The topological polar surface area (TPSA) is 93.7 Å². The molecule has 1 fully saturated rings. The molecule has 7 nitrogen and oxygen atoms in total. The van der Waals surface area contributed by atoms with E-state index in [1.54, 1.807) is 0 Å². The summed E-state index contributed by atoms with van der Waals surface area (Å²) < 4.78 is 39.4. The minimum absolute atomic E-state index is 0.0362. The molecule has 1 heterocycles. The van der Waals surface area contributed by atoms with Crippen molar-refractivity contribution in [2.45, 2.75) is 43.2 Å². The second-order valence-corrected chi connectivity index (χ2v) is 9.39.